The first-order valence-corrected chi connectivity index (χ1v) is 10.1. The summed E-state index contributed by atoms with van der Waals surface area (Å²) < 4.78 is 6.41. The van der Waals surface area contributed by atoms with E-state index in [4.69, 9.17) is 4.42 Å². The van der Waals surface area contributed by atoms with Crippen LogP contribution in [0.1, 0.15) is 74.6 Å². The molecule has 2 aromatic carbocycles. The molecule has 0 spiro atoms. The zero-order valence-corrected chi connectivity index (χ0v) is 16.4. The van der Waals surface area contributed by atoms with Crippen molar-refractivity contribution >= 4 is 21.9 Å². The third-order valence-corrected chi connectivity index (χ3v) is 5.63. The zero-order chi connectivity index (χ0) is 17.8. The maximum Gasteiger partial charge on any atom is 0.138 e. The van der Waals surface area contributed by atoms with Crippen LogP contribution in [0, 0.1) is 13.8 Å². The Morgan fingerprint density at radius 1 is 0.640 bits per heavy atom. The molecule has 0 unspecified atom stereocenters. The number of hydrogen-bond donors (Lipinski definition) is 0. The molecule has 134 valence electrons. The largest absolute Gasteiger partial charge is 0.455 e. The minimum atomic E-state index is 1.10. The molecule has 0 N–H and O–H groups in total. The first-order chi connectivity index (χ1) is 12.2. The first-order valence-electron chi connectivity index (χ1n) is 10.1. The molecule has 0 aliphatic rings. The molecule has 3 rings (SSSR count). The highest BCUT2D eigenvalue weighted by Crippen LogP contribution is 2.35. The lowest BCUT2D eigenvalue weighted by molar-refractivity contribution is 0.656. The van der Waals surface area contributed by atoms with Gasteiger partial charge in [-0.1, -0.05) is 63.8 Å². The molecular formula is C24H32O. The van der Waals surface area contributed by atoms with Crippen molar-refractivity contribution in [3.8, 4) is 0 Å². The Kier molecular flexibility index (Phi) is 5.83. The van der Waals surface area contributed by atoms with E-state index in [1.807, 2.05) is 0 Å². The van der Waals surface area contributed by atoms with Crippen molar-refractivity contribution in [2.75, 3.05) is 0 Å². The summed E-state index contributed by atoms with van der Waals surface area (Å²) in [5, 5.41) is 2.55. The lowest BCUT2D eigenvalue weighted by Gasteiger charge is -2.05. The standard InChI is InChI=1S/C24H32O/c1-5-7-9-11-19-13-15-21-22-16-14-20(12-10-8-6-2)18(4)24(22)25-23(21)17(19)3/h13-16H,5-12H2,1-4H3. The van der Waals surface area contributed by atoms with Gasteiger partial charge < -0.3 is 4.42 Å². The molecule has 0 aliphatic carbocycles. The monoisotopic (exact) mass is 336 g/mol. The van der Waals surface area contributed by atoms with Gasteiger partial charge in [-0.2, -0.15) is 0 Å². The summed E-state index contributed by atoms with van der Waals surface area (Å²) >= 11 is 0. The van der Waals surface area contributed by atoms with Crippen molar-refractivity contribution in [1.82, 2.24) is 0 Å². The van der Waals surface area contributed by atoms with Crippen LogP contribution in [-0.2, 0) is 12.8 Å². The fraction of sp³-hybridized carbons (Fsp3) is 0.500. The summed E-state index contributed by atoms with van der Waals surface area (Å²) in [5.41, 5.74) is 7.74. The van der Waals surface area contributed by atoms with Crippen molar-refractivity contribution in [3.63, 3.8) is 0 Å². The lowest BCUT2D eigenvalue weighted by Crippen LogP contribution is -1.90. The topological polar surface area (TPSA) is 13.1 Å². The van der Waals surface area contributed by atoms with Gasteiger partial charge in [-0.05, 0) is 61.8 Å². The lowest BCUT2D eigenvalue weighted by atomic mass is 9.97. The highest BCUT2D eigenvalue weighted by Gasteiger charge is 2.14. The van der Waals surface area contributed by atoms with Crippen molar-refractivity contribution in [2.24, 2.45) is 0 Å². The van der Waals surface area contributed by atoms with Crippen LogP contribution in [0.5, 0.6) is 0 Å². The van der Waals surface area contributed by atoms with Gasteiger partial charge in [0.05, 0.1) is 0 Å². The van der Waals surface area contributed by atoms with E-state index in [2.05, 4.69) is 52.0 Å². The van der Waals surface area contributed by atoms with Crippen LogP contribution in [0.3, 0.4) is 0 Å². The maximum atomic E-state index is 6.41. The fourth-order valence-corrected chi connectivity index (χ4v) is 3.93. The molecule has 1 aromatic heterocycles. The smallest absolute Gasteiger partial charge is 0.138 e. The average molecular weight is 337 g/mol. The summed E-state index contributed by atoms with van der Waals surface area (Å²) in [4.78, 5) is 0. The van der Waals surface area contributed by atoms with Crippen molar-refractivity contribution in [2.45, 2.75) is 79.1 Å². The van der Waals surface area contributed by atoms with Crippen molar-refractivity contribution in [1.29, 1.82) is 0 Å². The molecule has 25 heavy (non-hydrogen) atoms. The van der Waals surface area contributed by atoms with Crippen molar-refractivity contribution in [3.05, 3.63) is 46.5 Å². The van der Waals surface area contributed by atoms with Gasteiger partial charge in [-0.3, -0.25) is 0 Å². The third-order valence-electron chi connectivity index (χ3n) is 5.63. The van der Waals surface area contributed by atoms with Gasteiger partial charge in [-0.15, -0.1) is 0 Å². The van der Waals surface area contributed by atoms with E-state index in [0.717, 1.165) is 24.0 Å². The molecule has 1 nitrogen and oxygen atoms in total. The number of rotatable bonds is 8. The number of fused-ring (bicyclic) bond motifs is 3. The summed E-state index contributed by atoms with van der Waals surface area (Å²) in [6, 6.07) is 9.16. The second-order valence-corrected chi connectivity index (χ2v) is 7.47. The molecule has 0 bridgehead atoms. The highest BCUT2D eigenvalue weighted by atomic mass is 16.3. The Bertz CT molecular complexity index is 783. The SMILES string of the molecule is CCCCCc1ccc2c(oc3c(C)c(CCCCC)ccc32)c1C. The van der Waals surface area contributed by atoms with Gasteiger partial charge in [-0.25, -0.2) is 0 Å². The number of aryl methyl sites for hydroxylation is 4. The second kappa shape index (κ2) is 8.08. The first kappa shape index (κ1) is 18.0. The van der Waals surface area contributed by atoms with E-state index in [0.29, 0.717) is 0 Å². The number of hydrogen-bond acceptors (Lipinski definition) is 1. The Labute approximate surface area is 152 Å². The molecule has 0 amide bonds. The molecule has 0 atom stereocenters. The predicted octanol–water partition coefficient (Wildman–Crippen LogP) is 7.67. The number of furan rings is 1. The Balaban J connectivity index is 1.99. The summed E-state index contributed by atoms with van der Waals surface area (Å²) in [6.07, 6.45) is 10.0. The van der Waals surface area contributed by atoms with Crippen LogP contribution < -0.4 is 0 Å². The molecule has 0 radical (unpaired) electrons. The summed E-state index contributed by atoms with van der Waals surface area (Å²) in [6.45, 7) is 8.97. The van der Waals surface area contributed by atoms with E-state index in [1.54, 1.807) is 0 Å². The van der Waals surface area contributed by atoms with E-state index < -0.39 is 0 Å². The minimum absolute atomic E-state index is 1.10. The molecule has 0 fully saturated rings. The maximum absolute atomic E-state index is 6.41. The van der Waals surface area contributed by atoms with E-state index in [-0.39, 0.29) is 0 Å². The van der Waals surface area contributed by atoms with Crippen LogP contribution in [0.15, 0.2) is 28.7 Å². The number of benzene rings is 2. The molecule has 1 heterocycles. The fourth-order valence-electron chi connectivity index (χ4n) is 3.93. The second-order valence-electron chi connectivity index (χ2n) is 7.47. The van der Waals surface area contributed by atoms with Crippen molar-refractivity contribution < 1.29 is 4.42 Å². The van der Waals surface area contributed by atoms with E-state index in [1.165, 1.54) is 71.6 Å². The average Bonchev–Trinajstić information content (AvgIpc) is 3.00. The van der Waals surface area contributed by atoms with Crippen LogP contribution in [-0.4, -0.2) is 0 Å². The normalized spacial score (nSPS) is 11.7. The Hall–Kier alpha value is -1.76. The van der Waals surface area contributed by atoms with Gasteiger partial charge in [0.2, 0.25) is 0 Å². The van der Waals surface area contributed by atoms with Crippen LogP contribution in [0.4, 0.5) is 0 Å². The van der Waals surface area contributed by atoms with Gasteiger partial charge in [0.1, 0.15) is 11.2 Å². The van der Waals surface area contributed by atoms with Gasteiger partial charge in [0.25, 0.3) is 0 Å². The molecule has 0 aliphatic heterocycles. The molecular weight excluding hydrogens is 304 g/mol. The van der Waals surface area contributed by atoms with Gasteiger partial charge in [0, 0.05) is 10.8 Å². The number of unbranched alkanes of at least 4 members (excludes halogenated alkanes) is 4. The quantitative estimate of drug-likeness (QED) is 0.385. The summed E-state index contributed by atoms with van der Waals surface area (Å²) in [7, 11) is 0. The van der Waals surface area contributed by atoms with E-state index in [9.17, 15) is 0 Å². The van der Waals surface area contributed by atoms with Gasteiger partial charge in [0.15, 0.2) is 0 Å². The molecule has 0 saturated carbocycles. The Morgan fingerprint density at radius 3 is 1.48 bits per heavy atom. The predicted molar refractivity (Wildman–Crippen MR) is 110 cm³/mol. The Morgan fingerprint density at radius 2 is 1.08 bits per heavy atom. The molecule has 0 saturated heterocycles. The minimum Gasteiger partial charge on any atom is -0.455 e. The van der Waals surface area contributed by atoms with Crippen LogP contribution in [0.25, 0.3) is 21.9 Å². The van der Waals surface area contributed by atoms with E-state index >= 15 is 0 Å². The summed E-state index contributed by atoms with van der Waals surface area (Å²) in [5.74, 6) is 0. The van der Waals surface area contributed by atoms with Crippen LogP contribution >= 0.6 is 0 Å². The highest BCUT2D eigenvalue weighted by molar-refractivity contribution is 6.07. The zero-order valence-electron chi connectivity index (χ0n) is 16.4. The van der Waals surface area contributed by atoms with Gasteiger partial charge >= 0.3 is 0 Å². The third kappa shape index (κ3) is 3.61. The molecule has 3 aromatic rings. The molecule has 1 heteroatoms. The van der Waals surface area contributed by atoms with Crippen LogP contribution in [0.2, 0.25) is 0 Å².